The number of nitriles is 1. The van der Waals surface area contributed by atoms with Crippen molar-refractivity contribution in [3.8, 4) is 11.8 Å². The first-order chi connectivity index (χ1) is 15.4. The molecule has 7 heteroatoms. The van der Waals surface area contributed by atoms with E-state index in [1.165, 1.54) is 11.0 Å². The van der Waals surface area contributed by atoms with Crippen LogP contribution in [0.5, 0.6) is 5.75 Å². The lowest BCUT2D eigenvalue weighted by atomic mass is 10.1. The second-order valence-corrected chi connectivity index (χ2v) is 8.24. The molecule has 0 saturated carbocycles. The minimum atomic E-state index is -0.830. The molecule has 0 unspecified atom stereocenters. The molecular weight excluding hydrogens is 424 g/mol. The summed E-state index contributed by atoms with van der Waals surface area (Å²) >= 11 is 1.71. The second-order valence-electron chi connectivity index (χ2n) is 7.21. The number of benzene rings is 1. The average Bonchev–Trinajstić information content (AvgIpc) is 3.42. The van der Waals surface area contributed by atoms with Crippen molar-refractivity contribution in [3.63, 3.8) is 0 Å². The van der Waals surface area contributed by atoms with E-state index >= 15 is 0 Å². The number of hydrogen-bond donors (Lipinski definition) is 0. The maximum atomic E-state index is 12.7. The number of rotatable bonds is 9. The van der Waals surface area contributed by atoms with E-state index in [1.807, 2.05) is 37.4 Å². The molecule has 2 aromatic heterocycles. The third kappa shape index (κ3) is 5.54. The molecule has 1 aromatic carbocycles. The maximum absolute atomic E-state index is 12.7. The van der Waals surface area contributed by atoms with E-state index in [0.717, 1.165) is 24.4 Å². The van der Waals surface area contributed by atoms with Gasteiger partial charge < -0.3 is 14.0 Å². The Morgan fingerprint density at radius 1 is 1.19 bits per heavy atom. The summed E-state index contributed by atoms with van der Waals surface area (Å²) in [4.78, 5) is 26.3. The molecule has 164 valence electrons. The van der Waals surface area contributed by atoms with Gasteiger partial charge in [0.1, 0.15) is 17.4 Å². The van der Waals surface area contributed by atoms with Crippen LogP contribution in [-0.4, -0.2) is 30.0 Å². The summed E-state index contributed by atoms with van der Waals surface area (Å²) in [5.41, 5.74) is 2.82. The van der Waals surface area contributed by atoms with E-state index in [-0.39, 0.29) is 11.4 Å². The first kappa shape index (κ1) is 23.0. The van der Waals surface area contributed by atoms with Crippen molar-refractivity contribution in [1.82, 2.24) is 4.57 Å². The molecule has 6 nitrogen and oxygen atoms in total. The molecule has 3 aromatic rings. The van der Waals surface area contributed by atoms with Crippen LogP contribution in [0.15, 0.2) is 53.4 Å². The van der Waals surface area contributed by atoms with Crippen molar-refractivity contribution in [3.05, 3.63) is 80.8 Å². The topological polar surface area (TPSA) is 81.3 Å². The number of carbonyl (C=O) groups excluding carboxylic acids is 2. The van der Waals surface area contributed by atoms with E-state index in [9.17, 15) is 14.9 Å². The zero-order valence-corrected chi connectivity index (χ0v) is 19.1. The number of Topliss-reactive ketones (excluding diaryl/α,β-unsaturated/α-hetero) is 1. The maximum Gasteiger partial charge on any atom is 0.349 e. The van der Waals surface area contributed by atoms with Crippen LogP contribution in [0, 0.1) is 25.2 Å². The largest absolute Gasteiger partial charge is 0.497 e. The number of methoxy groups -OCH3 is 1. The standard InChI is InChI=1S/C25H24N2O4S/c1-17-13-23(18(2)27(17)11-10-22-5-4-12-32-22)24(28)16-31-25(29)20(15-26)14-19-6-8-21(30-3)9-7-19/h4-9,12-14H,10-11,16H2,1-3H3/b20-14+. The van der Waals surface area contributed by atoms with Gasteiger partial charge in [0.25, 0.3) is 0 Å². The molecule has 32 heavy (non-hydrogen) atoms. The predicted molar refractivity (Wildman–Crippen MR) is 124 cm³/mol. The van der Waals surface area contributed by atoms with Crippen LogP contribution in [-0.2, 0) is 22.5 Å². The van der Waals surface area contributed by atoms with E-state index in [4.69, 9.17) is 9.47 Å². The number of esters is 1. The molecular formula is C25H24N2O4S. The summed E-state index contributed by atoms with van der Waals surface area (Å²) < 4.78 is 12.3. The second kappa shape index (κ2) is 10.6. The first-order valence-corrected chi connectivity index (χ1v) is 11.0. The Balaban J connectivity index is 1.64. The van der Waals surface area contributed by atoms with Gasteiger partial charge in [-0.15, -0.1) is 11.3 Å². The monoisotopic (exact) mass is 448 g/mol. The molecule has 0 bridgehead atoms. The summed E-state index contributed by atoms with van der Waals surface area (Å²) in [5, 5.41) is 11.4. The smallest absolute Gasteiger partial charge is 0.349 e. The Kier molecular flexibility index (Phi) is 7.63. The lowest BCUT2D eigenvalue weighted by molar-refractivity contribution is -0.137. The highest BCUT2D eigenvalue weighted by molar-refractivity contribution is 7.09. The van der Waals surface area contributed by atoms with Gasteiger partial charge in [0.2, 0.25) is 5.78 Å². The molecule has 2 heterocycles. The predicted octanol–water partition coefficient (Wildman–Crippen LogP) is 4.75. The van der Waals surface area contributed by atoms with Gasteiger partial charge >= 0.3 is 5.97 Å². The highest BCUT2D eigenvalue weighted by atomic mass is 32.1. The van der Waals surface area contributed by atoms with Crippen LogP contribution >= 0.6 is 11.3 Å². The fourth-order valence-electron chi connectivity index (χ4n) is 3.39. The van der Waals surface area contributed by atoms with Crippen LogP contribution in [0.3, 0.4) is 0 Å². The minimum Gasteiger partial charge on any atom is -0.497 e. The zero-order chi connectivity index (χ0) is 23.1. The Bertz CT molecular complexity index is 1170. The number of ketones is 1. The number of hydrogen-bond acceptors (Lipinski definition) is 6. The quantitative estimate of drug-likeness (QED) is 0.204. The van der Waals surface area contributed by atoms with E-state index in [1.54, 1.807) is 42.7 Å². The Morgan fingerprint density at radius 3 is 2.56 bits per heavy atom. The van der Waals surface area contributed by atoms with Crippen LogP contribution in [0.1, 0.15) is 32.2 Å². The van der Waals surface area contributed by atoms with Gasteiger partial charge in [0, 0.05) is 28.4 Å². The summed E-state index contributed by atoms with van der Waals surface area (Å²) in [6.07, 6.45) is 2.31. The van der Waals surface area contributed by atoms with E-state index in [2.05, 4.69) is 10.6 Å². The van der Waals surface area contributed by atoms with Gasteiger partial charge in [-0.05, 0) is 61.6 Å². The van der Waals surface area contributed by atoms with Crippen LogP contribution in [0.25, 0.3) is 6.08 Å². The van der Waals surface area contributed by atoms with Crippen molar-refractivity contribution in [1.29, 1.82) is 5.26 Å². The summed E-state index contributed by atoms with van der Waals surface area (Å²) in [6, 6.07) is 14.7. The first-order valence-electron chi connectivity index (χ1n) is 10.1. The SMILES string of the molecule is COc1ccc(/C=C(\C#N)C(=O)OCC(=O)c2cc(C)n(CCc3cccs3)c2C)cc1. The Hall–Kier alpha value is -3.63. The van der Waals surface area contributed by atoms with Crippen LogP contribution in [0.2, 0.25) is 0 Å². The van der Waals surface area contributed by atoms with Crippen molar-refractivity contribution < 1.29 is 19.1 Å². The fourth-order valence-corrected chi connectivity index (χ4v) is 4.09. The summed E-state index contributed by atoms with van der Waals surface area (Å²) in [7, 11) is 1.56. The number of ether oxygens (including phenoxy) is 2. The minimum absolute atomic E-state index is 0.176. The number of thiophene rings is 1. The van der Waals surface area contributed by atoms with Gasteiger partial charge in [-0.3, -0.25) is 4.79 Å². The fraction of sp³-hybridized carbons (Fsp3) is 0.240. The molecule has 0 N–H and O–H groups in total. The molecule has 0 spiro atoms. The van der Waals surface area contributed by atoms with E-state index in [0.29, 0.717) is 16.9 Å². The van der Waals surface area contributed by atoms with E-state index < -0.39 is 12.6 Å². The number of carbonyl (C=O) groups is 2. The third-order valence-electron chi connectivity index (χ3n) is 5.14. The molecule has 0 radical (unpaired) electrons. The van der Waals surface area contributed by atoms with Gasteiger partial charge in [-0.25, -0.2) is 4.79 Å². The summed E-state index contributed by atoms with van der Waals surface area (Å²) in [6.45, 7) is 4.19. The lowest BCUT2D eigenvalue weighted by Crippen LogP contribution is -2.16. The highest BCUT2D eigenvalue weighted by Crippen LogP contribution is 2.19. The van der Waals surface area contributed by atoms with Crippen molar-refractivity contribution in [2.45, 2.75) is 26.8 Å². The molecule has 0 fully saturated rings. The molecule has 0 aliphatic rings. The number of aromatic nitrogens is 1. The normalized spacial score (nSPS) is 11.1. The molecule has 0 saturated heterocycles. The van der Waals surface area contributed by atoms with Gasteiger partial charge in [0.15, 0.2) is 6.61 Å². The number of nitrogens with zero attached hydrogens (tertiary/aromatic N) is 2. The molecule has 0 amide bonds. The third-order valence-corrected chi connectivity index (χ3v) is 6.07. The Labute approximate surface area is 191 Å². The van der Waals surface area contributed by atoms with Crippen LogP contribution < -0.4 is 4.74 Å². The zero-order valence-electron chi connectivity index (χ0n) is 18.3. The molecule has 0 aliphatic carbocycles. The molecule has 0 atom stereocenters. The Morgan fingerprint density at radius 2 is 1.94 bits per heavy atom. The van der Waals surface area contributed by atoms with Gasteiger partial charge in [-0.2, -0.15) is 5.26 Å². The number of aryl methyl sites for hydroxylation is 2. The lowest BCUT2D eigenvalue weighted by Gasteiger charge is -2.09. The highest BCUT2D eigenvalue weighted by Gasteiger charge is 2.19. The molecule has 3 rings (SSSR count). The van der Waals surface area contributed by atoms with Crippen molar-refractivity contribution in [2.75, 3.05) is 13.7 Å². The van der Waals surface area contributed by atoms with Crippen molar-refractivity contribution >= 4 is 29.2 Å². The van der Waals surface area contributed by atoms with Gasteiger partial charge in [0.05, 0.1) is 7.11 Å². The summed E-state index contributed by atoms with van der Waals surface area (Å²) in [5.74, 6) is -0.458. The molecule has 0 aliphatic heterocycles. The average molecular weight is 449 g/mol. The van der Waals surface area contributed by atoms with Gasteiger partial charge in [-0.1, -0.05) is 18.2 Å². The van der Waals surface area contributed by atoms with Crippen molar-refractivity contribution in [2.24, 2.45) is 0 Å². The van der Waals surface area contributed by atoms with Crippen LogP contribution in [0.4, 0.5) is 0 Å².